The Balaban J connectivity index is 1.40. The van der Waals surface area contributed by atoms with E-state index in [0.29, 0.717) is 16.4 Å². The molecule has 0 unspecified atom stereocenters. The van der Waals surface area contributed by atoms with Crippen molar-refractivity contribution in [2.75, 3.05) is 0 Å². The Kier molecular flexibility index (Phi) is 7.03. The molecule has 4 nitrogen and oxygen atoms in total. The van der Waals surface area contributed by atoms with Crippen molar-refractivity contribution in [1.29, 1.82) is 0 Å². The summed E-state index contributed by atoms with van der Waals surface area (Å²) in [5.74, 6) is 0.0757. The summed E-state index contributed by atoms with van der Waals surface area (Å²) in [6.07, 6.45) is 5.91. The summed E-state index contributed by atoms with van der Waals surface area (Å²) < 4.78 is 0.744. The van der Waals surface area contributed by atoms with Crippen LogP contribution in [0.1, 0.15) is 47.5 Å². The predicted molar refractivity (Wildman–Crippen MR) is 108 cm³/mol. The number of ketones is 1. The second-order valence-electron chi connectivity index (χ2n) is 6.08. The minimum atomic E-state index is 0.0757. The van der Waals surface area contributed by atoms with E-state index in [9.17, 15) is 4.79 Å². The Morgan fingerprint density at radius 1 is 0.923 bits per heavy atom. The van der Waals surface area contributed by atoms with Crippen LogP contribution in [0, 0.1) is 0 Å². The van der Waals surface area contributed by atoms with E-state index in [1.54, 1.807) is 0 Å². The van der Waals surface area contributed by atoms with Crippen molar-refractivity contribution >= 4 is 33.0 Å². The Morgan fingerprint density at radius 2 is 1.73 bits per heavy atom. The SMILES string of the molecule is O=C(CCCCCCc1ccccc1)c1nnc(-c2cccc(Br)n2)s1. The number of rotatable bonds is 9. The van der Waals surface area contributed by atoms with Gasteiger partial charge in [0.05, 0.1) is 0 Å². The van der Waals surface area contributed by atoms with Gasteiger partial charge in [0.15, 0.2) is 15.8 Å². The molecular weight excluding hydrogens is 410 g/mol. The summed E-state index contributed by atoms with van der Waals surface area (Å²) in [4.78, 5) is 16.6. The molecule has 3 aromatic rings. The summed E-state index contributed by atoms with van der Waals surface area (Å²) in [5, 5.41) is 9.30. The molecule has 0 fully saturated rings. The van der Waals surface area contributed by atoms with Crippen LogP contribution in [0.15, 0.2) is 53.1 Å². The lowest BCUT2D eigenvalue weighted by Gasteiger charge is -2.01. The van der Waals surface area contributed by atoms with Gasteiger partial charge in [-0.1, -0.05) is 60.6 Å². The highest BCUT2D eigenvalue weighted by Gasteiger charge is 2.14. The number of carbonyl (C=O) groups is 1. The van der Waals surface area contributed by atoms with Gasteiger partial charge in [-0.2, -0.15) is 0 Å². The molecule has 0 saturated carbocycles. The minimum absolute atomic E-state index is 0.0757. The van der Waals surface area contributed by atoms with Gasteiger partial charge in [0.25, 0.3) is 0 Å². The number of halogens is 1. The van der Waals surface area contributed by atoms with Crippen molar-refractivity contribution in [2.24, 2.45) is 0 Å². The van der Waals surface area contributed by atoms with E-state index < -0.39 is 0 Å². The zero-order chi connectivity index (χ0) is 18.2. The second-order valence-corrected chi connectivity index (χ2v) is 7.87. The highest BCUT2D eigenvalue weighted by molar-refractivity contribution is 9.10. The number of aromatic nitrogens is 3. The van der Waals surface area contributed by atoms with Crippen LogP contribution in [0.4, 0.5) is 0 Å². The number of nitrogens with zero attached hydrogens (tertiary/aromatic N) is 3. The molecule has 6 heteroatoms. The van der Waals surface area contributed by atoms with Gasteiger partial charge in [0, 0.05) is 6.42 Å². The molecule has 0 atom stereocenters. The lowest BCUT2D eigenvalue weighted by Crippen LogP contribution is -1.98. The number of hydrogen-bond donors (Lipinski definition) is 0. The summed E-state index contributed by atoms with van der Waals surface area (Å²) in [5.41, 5.74) is 2.11. The molecule has 0 aliphatic rings. The highest BCUT2D eigenvalue weighted by Crippen LogP contribution is 2.24. The molecule has 1 aromatic carbocycles. The summed E-state index contributed by atoms with van der Waals surface area (Å²) in [6.45, 7) is 0. The first kappa shape index (κ1) is 18.9. The molecule has 0 saturated heterocycles. The van der Waals surface area contributed by atoms with Gasteiger partial charge < -0.3 is 0 Å². The van der Waals surface area contributed by atoms with Gasteiger partial charge in [-0.3, -0.25) is 4.79 Å². The Hall–Kier alpha value is -1.92. The van der Waals surface area contributed by atoms with Gasteiger partial charge >= 0.3 is 0 Å². The third-order valence-corrected chi connectivity index (χ3v) is 5.49. The van der Waals surface area contributed by atoms with Crippen LogP contribution in [0.2, 0.25) is 0 Å². The molecule has 2 aromatic heterocycles. The molecule has 0 aliphatic heterocycles. The van der Waals surface area contributed by atoms with Crippen LogP contribution in [-0.4, -0.2) is 21.0 Å². The fourth-order valence-corrected chi connectivity index (χ4v) is 3.81. The van der Waals surface area contributed by atoms with E-state index in [-0.39, 0.29) is 5.78 Å². The maximum Gasteiger partial charge on any atom is 0.193 e. The van der Waals surface area contributed by atoms with Crippen molar-refractivity contribution < 1.29 is 4.79 Å². The molecule has 26 heavy (non-hydrogen) atoms. The van der Waals surface area contributed by atoms with Crippen LogP contribution in [-0.2, 0) is 6.42 Å². The quantitative estimate of drug-likeness (QED) is 0.247. The van der Waals surface area contributed by atoms with Gasteiger partial charge in [0.1, 0.15) is 10.3 Å². The Bertz CT molecular complexity index is 851. The van der Waals surface area contributed by atoms with Crippen molar-refractivity contribution in [3.8, 4) is 10.7 Å². The summed E-state index contributed by atoms with van der Waals surface area (Å²) in [6, 6.07) is 16.1. The number of Topliss-reactive ketones (excluding diaryl/α,β-unsaturated/α-hetero) is 1. The molecule has 134 valence electrons. The fraction of sp³-hybridized carbons (Fsp3) is 0.300. The van der Waals surface area contributed by atoms with Crippen LogP contribution >= 0.6 is 27.3 Å². The predicted octanol–water partition coefficient (Wildman–Crippen LogP) is 5.74. The second kappa shape index (κ2) is 9.69. The average Bonchev–Trinajstić information content (AvgIpc) is 3.15. The average molecular weight is 430 g/mol. The minimum Gasteiger partial charge on any atom is -0.291 e. The van der Waals surface area contributed by atoms with Crippen molar-refractivity contribution in [2.45, 2.75) is 38.5 Å². The molecule has 0 aliphatic carbocycles. The third-order valence-electron chi connectivity index (χ3n) is 4.06. The Morgan fingerprint density at radius 3 is 2.54 bits per heavy atom. The monoisotopic (exact) mass is 429 g/mol. The zero-order valence-electron chi connectivity index (χ0n) is 14.4. The van der Waals surface area contributed by atoms with E-state index in [1.165, 1.54) is 16.9 Å². The first-order valence-corrected chi connectivity index (χ1v) is 10.4. The van der Waals surface area contributed by atoms with Crippen molar-refractivity contribution in [1.82, 2.24) is 15.2 Å². The standard InChI is InChI=1S/C20H20BrN3OS/c21-18-14-8-12-16(22-18)19-23-24-20(26-19)17(25)13-7-2-1-4-9-15-10-5-3-6-11-15/h3,5-6,8,10-12,14H,1-2,4,7,9,13H2. The van der Waals surface area contributed by atoms with Crippen LogP contribution in [0.3, 0.4) is 0 Å². The Labute approximate surface area is 165 Å². The number of pyridine rings is 1. The number of hydrogen-bond acceptors (Lipinski definition) is 5. The van der Waals surface area contributed by atoms with E-state index >= 15 is 0 Å². The molecule has 0 amide bonds. The maximum absolute atomic E-state index is 12.3. The van der Waals surface area contributed by atoms with E-state index in [0.717, 1.165) is 42.4 Å². The summed E-state index contributed by atoms with van der Waals surface area (Å²) in [7, 11) is 0. The molecule has 2 heterocycles. The van der Waals surface area contributed by atoms with Gasteiger partial charge in [0.2, 0.25) is 0 Å². The smallest absolute Gasteiger partial charge is 0.193 e. The summed E-state index contributed by atoms with van der Waals surface area (Å²) >= 11 is 4.66. The topological polar surface area (TPSA) is 55.7 Å². The largest absolute Gasteiger partial charge is 0.291 e. The molecule has 3 rings (SSSR count). The van der Waals surface area contributed by atoms with E-state index in [2.05, 4.69) is 55.4 Å². The van der Waals surface area contributed by atoms with Gasteiger partial charge in [-0.25, -0.2) is 4.98 Å². The van der Waals surface area contributed by atoms with Gasteiger partial charge in [-0.15, -0.1) is 10.2 Å². The normalized spacial score (nSPS) is 10.8. The number of unbranched alkanes of at least 4 members (excludes halogenated alkanes) is 3. The highest BCUT2D eigenvalue weighted by atomic mass is 79.9. The lowest BCUT2D eigenvalue weighted by molar-refractivity contribution is 0.0978. The zero-order valence-corrected chi connectivity index (χ0v) is 16.8. The molecule has 0 N–H and O–H groups in total. The molecule has 0 spiro atoms. The van der Waals surface area contributed by atoms with Crippen LogP contribution in [0.25, 0.3) is 10.7 Å². The first-order chi connectivity index (χ1) is 12.7. The van der Waals surface area contributed by atoms with Crippen molar-refractivity contribution in [3.05, 3.63) is 63.7 Å². The first-order valence-electron chi connectivity index (χ1n) is 8.76. The van der Waals surface area contributed by atoms with Gasteiger partial charge in [-0.05, 0) is 52.9 Å². The molecule has 0 radical (unpaired) electrons. The fourth-order valence-electron chi connectivity index (χ4n) is 2.69. The number of benzene rings is 1. The molecule has 0 bridgehead atoms. The number of carbonyl (C=O) groups excluding carboxylic acids is 1. The van der Waals surface area contributed by atoms with Crippen LogP contribution in [0.5, 0.6) is 0 Å². The number of aryl methyl sites for hydroxylation is 1. The van der Waals surface area contributed by atoms with E-state index in [4.69, 9.17) is 0 Å². The third kappa shape index (κ3) is 5.54. The maximum atomic E-state index is 12.3. The van der Waals surface area contributed by atoms with Crippen LogP contribution < -0.4 is 0 Å². The molecular formula is C20H20BrN3OS. The van der Waals surface area contributed by atoms with Crippen molar-refractivity contribution in [3.63, 3.8) is 0 Å². The lowest BCUT2D eigenvalue weighted by atomic mass is 10.0. The van der Waals surface area contributed by atoms with E-state index in [1.807, 2.05) is 24.3 Å².